The second-order valence-electron chi connectivity index (χ2n) is 6.18. The third-order valence-corrected chi connectivity index (χ3v) is 4.83. The summed E-state index contributed by atoms with van der Waals surface area (Å²) >= 11 is 0. The summed E-state index contributed by atoms with van der Waals surface area (Å²) in [5.74, 6) is 0. The van der Waals surface area contributed by atoms with E-state index in [1.165, 1.54) is 5.56 Å². The Kier molecular flexibility index (Phi) is 5.11. The molecule has 1 N–H and O–H groups in total. The Hall–Kier alpha value is -0.930. The third-order valence-electron chi connectivity index (χ3n) is 3.08. The van der Waals surface area contributed by atoms with Crippen LogP contribution in [0.2, 0.25) is 0 Å². The Labute approximate surface area is 119 Å². The summed E-state index contributed by atoms with van der Waals surface area (Å²) in [6.07, 6.45) is 2.60. The number of nitrogens with one attached hydrogen (secondary N) is 1. The molecule has 0 saturated carbocycles. The molecule has 0 aromatic heterocycles. The van der Waals surface area contributed by atoms with E-state index in [0.717, 1.165) is 12.0 Å². The van der Waals surface area contributed by atoms with Crippen molar-refractivity contribution in [3.05, 3.63) is 48.0 Å². The zero-order valence-electron chi connectivity index (χ0n) is 12.6. The van der Waals surface area contributed by atoms with Gasteiger partial charge in [0.25, 0.3) is 0 Å². The lowest BCUT2D eigenvalue weighted by Crippen LogP contribution is -2.46. The van der Waals surface area contributed by atoms with Gasteiger partial charge in [0.1, 0.15) is 0 Å². The average Bonchev–Trinajstić information content (AvgIpc) is 2.28. The third kappa shape index (κ3) is 4.29. The fourth-order valence-electron chi connectivity index (χ4n) is 1.85. The van der Waals surface area contributed by atoms with E-state index in [-0.39, 0.29) is 10.3 Å². The average molecular weight is 279 g/mol. The van der Waals surface area contributed by atoms with Crippen molar-refractivity contribution in [3.8, 4) is 0 Å². The van der Waals surface area contributed by atoms with Crippen LogP contribution in [0.15, 0.2) is 36.9 Å². The summed E-state index contributed by atoms with van der Waals surface area (Å²) in [5.41, 5.74) is 1.99. The second-order valence-corrected chi connectivity index (χ2v) is 8.14. The van der Waals surface area contributed by atoms with Crippen LogP contribution < -0.4 is 4.72 Å². The van der Waals surface area contributed by atoms with Gasteiger partial charge in [0.05, 0.1) is 21.3 Å². The Morgan fingerprint density at radius 3 is 2.42 bits per heavy atom. The zero-order chi connectivity index (χ0) is 14.7. The summed E-state index contributed by atoms with van der Waals surface area (Å²) in [4.78, 5) is 0. The Bertz CT molecular complexity index is 476. The summed E-state index contributed by atoms with van der Waals surface area (Å²) in [6, 6.07) is 8.31. The highest BCUT2D eigenvalue weighted by Gasteiger charge is 2.31. The van der Waals surface area contributed by atoms with Crippen LogP contribution in [0.1, 0.15) is 45.2 Å². The fraction of sp³-hybridized carbons (Fsp3) is 0.500. The van der Waals surface area contributed by atoms with Gasteiger partial charge in [-0.3, -0.25) is 0 Å². The Morgan fingerprint density at radius 2 is 1.95 bits per heavy atom. The van der Waals surface area contributed by atoms with Crippen LogP contribution in [-0.2, 0) is 16.5 Å². The first-order chi connectivity index (χ1) is 8.69. The number of benzene rings is 1. The molecule has 0 aliphatic rings. The summed E-state index contributed by atoms with van der Waals surface area (Å²) in [5, 5.41) is 0. The summed E-state index contributed by atoms with van der Waals surface area (Å²) in [6.45, 7) is 13.9. The quantitative estimate of drug-likeness (QED) is 0.815. The lowest BCUT2D eigenvalue weighted by atomic mass is 9.89. The molecule has 2 atom stereocenters. The molecule has 2 nitrogen and oxygen atoms in total. The topological polar surface area (TPSA) is 29.1 Å². The largest absolute Gasteiger partial charge is 0.242 e. The summed E-state index contributed by atoms with van der Waals surface area (Å²) < 4.78 is 15.4. The van der Waals surface area contributed by atoms with Gasteiger partial charge < -0.3 is 0 Å². The number of aryl methyl sites for hydroxylation is 1. The first kappa shape index (κ1) is 16.1. The van der Waals surface area contributed by atoms with Gasteiger partial charge in [-0.2, -0.15) is 0 Å². The van der Waals surface area contributed by atoms with Gasteiger partial charge in [-0.05, 0) is 46.6 Å². The first-order valence-corrected chi connectivity index (χ1v) is 7.72. The molecule has 0 radical (unpaired) electrons. The van der Waals surface area contributed by atoms with Crippen molar-refractivity contribution in [2.45, 2.75) is 51.3 Å². The molecule has 0 amide bonds. The van der Waals surface area contributed by atoms with E-state index in [4.69, 9.17) is 0 Å². The van der Waals surface area contributed by atoms with Gasteiger partial charge in [-0.1, -0.05) is 35.9 Å². The van der Waals surface area contributed by atoms with Gasteiger partial charge in [0.2, 0.25) is 0 Å². The Balaban J connectivity index is 3.10. The molecular weight excluding hydrogens is 254 g/mol. The normalized spacial score (nSPS) is 16.7. The standard InChI is InChI=1S/C16H25NOS/c1-7-11-16(6,17-19(18)15(3,4)5)14-10-8-9-13(2)12-14/h7-10,12,17H,1,11H2,2-6H3/t16-,19?/m0/s1. The molecule has 0 heterocycles. The van der Waals surface area contributed by atoms with E-state index in [9.17, 15) is 4.21 Å². The summed E-state index contributed by atoms with van der Waals surface area (Å²) in [7, 11) is -1.11. The van der Waals surface area contributed by atoms with E-state index in [2.05, 4.69) is 43.3 Å². The predicted octanol–water partition coefficient (Wildman–Crippen LogP) is 3.84. The second kappa shape index (κ2) is 6.02. The van der Waals surface area contributed by atoms with Crippen molar-refractivity contribution >= 4 is 11.0 Å². The predicted molar refractivity (Wildman–Crippen MR) is 84.4 cm³/mol. The smallest absolute Gasteiger partial charge is 0.0978 e. The highest BCUT2D eigenvalue weighted by atomic mass is 32.2. The van der Waals surface area contributed by atoms with Gasteiger partial charge in [-0.15, -0.1) is 6.58 Å². The molecule has 0 spiro atoms. The molecule has 0 saturated heterocycles. The van der Waals surface area contributed by atoms with Crippen LogP contribution in [0, 0.1) is 6.92 Å². The monoisotopic (exact) mass is 279 g/mol. The minimum atomic E-state index is -1.11. The van der Waals surface area contributed by atoms with Crippen molar-refractivity contribution in [2.75, 3.05) is 0 Å². The van der Waals surface area contributed by atoms with E-state index < -0.39 is 11.0 Å². The lowest BCUT2D eigenvalue weighted by molar-refractivity contribution is 0.446. The molecule has 1 unspecified atom stereocenters. The van der Waals surface area contributed by atoms with Crippen LogP contribution in [-0.4, -0.2) is 8.96 Å². The molecule has 1 rings (SSSR count). The first-order valence-electron chi connectivity index (χ1n) is 6.57. The molecule has 3 heteroatoms. The lowest BCUT2D eigenvalue weighted by Gasteiger charge is -2.33. The number of hydrogen-bond acceptors (Lipinski definition) is 1. The van der Waals surface area contributed by atoms with Crippen molar-refractivity contribution < 1.29 is 4.21 Å². The van der Waals surface area contributed by atoms with Crippen LogP contribution in [0.25, 0.3) is 0 Å². The number of rotatable bonds is 5. The van der Waals surface area contributed by atoms with Crippen molar-refractivity contribution in [3.63, 3.8) is 0 Å². The Morgan fingerprint density at radius 1 is 1.32 bits per heavy atom. The van der Waals surface area contributed by atoms with Crippen LogP contribution in [0.3, 0.4) is 0 Å². The molecule has 0 fully saturated rings. The SMILES string of the molecule is C=CC[C@](C)(NS(=O)C(C)(C)C)c1cccc(C)c1. The minimum absolute atomic E-state index is 0.285. The van der Waals surface area contributed by atoms with Gasteiger partial charge in [0.15, 0.2) is 0 Å². The van der Waals surface area contributed by atoms with Gasteiger partial charge in [-0.25, -0.2) is 8.93 Å². The molecular formula is C16H25NOS. The van der Waals surface area contributed by atoms with Crippen LogP contribution in [0.4, 0.5) is 0 Å². The maximum absolute atomic E-state index is 12.4. The van der Waals surface area contributed by atoms with Crippen LogP contribution in [0.5, 0.6) is 0 Å². The molecule has 0 bridgehead atoms. The van der Waals surface area contributed by atoms with E-state index >= 15 is 0 Å². The van der Waals surface area contributed by atoms with E-state index in [1.807, 2.05) is 32.9 Å². The minimum Gasteiger partial charge on any atom is -0.242 e. The molecule has 106 valence electrons. The molecule has 19 heavy (non-hydrogen) atoms. The molecule has 0 aliphatic carbocycles. The maximum atomic E-state index is 12.4. The zero-order valence-corrected chi connectivity index (χ0v) is 13.4. The van der Waals surface area contributed by atoms with Crippen molar-refractivity contribution in [1.29, 1.82) is 0 Å². The van der Waals surface area contributed by atoms with Gasteiger partial charge >= 0.3 is 0 Å². The molecule has 1 aromatic carbocycles. The molecule has 0 aliphatic heterocycles. The van der Waals surface area contributed by atoms with E-state index in [0.29, 0.717) is 0 Å². The maximum Gasteiger partial charge on any atom is 0.0978 e. The van der Waals surface area contributed by atoms with Crippen LogP contribution >= 0.6 is 0 Å². The highest BCUT2D eigenvalue weighted by Crippen LogP contribution is 2.28. The highest BCUT2D eigenvalue weighted by molar-refractivity contribution is 7.84. The van der Waals surface area contributed by atoms with Gasteiger partial charge in [0, 0.05) is 0 Å². The number of hydrogen-bond donors (Lipinski definition) is 1. The van der Waals surface area contributed by atoms with Crippen molar-refractivity contribution in [1.82, 2.24) is 4.72 Å². The fourth-order valence-corrected chi connectivity index (χ4v) is 2.77. The van der Waals surface area contributed by atoms with E-state index in [1.54, 1.807) is 0 Å². The van der Waals surface area contributed by atoms with Crippen molar-refractivity contribution in [2.24, 2.45) is 0 Å². The molecule has 1 aromatic rings.